The van der Waals surface area contributed by atoms with E-state index in [-0.39, 0.29) is 0 Å². The number of aryl methyl sites for hydroxylation is 1. The van der Waals surface area contributed by atoms with Gasteiger partial charge in [-0.25, -0.2) is 4.98 Å². The van der Waals surface area contributed by atoms with Crippen LogP contribution in [0.5, 0.6) is 0 Å². The molecule has 0 saturated heterocycles. The van der Waals surface area contributed by atoms with Crippen LogP contribution < -0.4 is 0 Å². The first-order chi connectivity index (χ1) is 13.7. The Morgan fingerprint density at radius 1 is 1.07 bits per heavy atom. The van der Waals surface area contributed by atoms with E-state index >= 15 is 0 Å². The molecule has 1 aromatic heterocycles. The summed E-state index contributed by atoms with van der Waals surface area (Å²) in [5.41, 5.74) is 6.36. The van der Waals surface area contributed by atoms with Gasteiger partial charge in [0.1, 0.15) is 11.1 Å². The first kappa shape index (κ1) is 18.7. The van der Waals surface area contributed by atoms with Gasteiger partial charge in [0.05, 0.1) is 11.3 Å². The molecule has 28 heavy (non-hydrogen) atoms. The third kappa shape index (κ3) is 4.08. The summed E-state index contributed by atoms with van der Waals surface area (Å²) in [5.74, 6) is 0.719. The number of allylic oxidation sites excluding steroid dienone is 1. The third-order valence-electron chi connectivity index (χ3n) is 5.63. The Hall–Kier alpha value is -2.70. The molecule has 1 fully saturated rings. The zero-order valence-electron chi connectivity index (χ0n) is 16.2. The Kier molecular flexibility index (Phi) is 5.69. The van der Waals surface area contributed by atoms with E-state index in [9.17, 15) is 5.26 Å². The van der Waals surface area contributed by atoms with Crippen molar-refractivity contribution < 1.29 is 0 Å². The summed E-state index contributed by atoms with van der Waals surface area (Å²) >= 11 is 1.53. The van der Waals surface area contributed by atoms with Gasteiger partial charge in [-0.3, -0.25) is 0 Å². The summed E-state index contributed by atoms with van der Waals surface area (Å²) in [6.45, 7) is 2.06. The second-order valence-corrected chi connectivity index (χ2v) is 8.38. The average Bonchev–Trinajstić information content (AvgIpc) is 3.24. The van der Waals surface area contributed by atoms with Crippen molar-refractivity contribution in [2.24, 2.45) is 0 Å². The Balaban J connectivity index is 1.57. The second kappa shape index (κ2) is 8.54. The maximum atomic E-state index is 9.64. The van der Waals surface area contributed by atoms with Gasteiger partial charge < -0.3 is 0 Å². The zero-order valence-corrected chi connectivity index (χ0v) is 17.0. The standard InChI is InChI=1S/C25H24N2S/c1-18-7-5-6-10-22(18)15-23(16-26)25-27-24(17-28-25)21-13-11-20(12-14-21)19-8-3-2-4-9-19/h5-7,10-15,17,19H,2-4,8-9H2,1H3/b23-15+. The molecule has 2 nitrogen and oxygen atoms in total. The highest BCUT2D eigenvalue weighted by atomic mass is 32.1. The molecule has 1 aliphatic carbocycles. The van der Waals surface area contributed by atoms with Crippen LogP contribution in [0, 0.1) is 18.3 Å². The molecule has 0 radical (unpaired) electrons. The van der Waals surface area contributed by atoms with Crippen LogP contribution in [0.25, 0.3) is 22.9 Å². The minimum Gasteiger partial charge on any atom is -0.235 e. The van der Waals surface area contributed by atoms with Gasteiger partial charge >= 0.3 is 0 Å². The maximum Gasteiger partial charge on any atom is 0.134 e. The van der Waals surface area contributed by atoms with E-state index in [1.807, 2.05) is 29.7 Å². The minimum atomic E-state index is 0.615. The SMILES string of the molecule is Cc1ccccc1/C=C(\C#N)c1nc(-c2ccc(C3CCCCC3)cc2)cs1. The molecular weight excluding hydrogens is 360 g/mol. The van der Waals surface area contributed by atoms with Gasteiger partial charge in [-0.2, -0.15) is 5.26 Å². The molecule has 0 amide bonds. The van der Waals surface area contributed by atoms with E-state index in [4.69, 9.17) is 4.98 Å². The first-order valence-electron chi connectivity index (χ1n) is 9.98. The number of nitriles is 1. The monoisotopic (exact) mass is 384 g/mol. The molecule has 4 rings (SSSR count). The molecule has 0 atom stereocenters. The van der Waals surface area contributed by atoms with E-state index in [1.54, 1.807) is 0 Å². The van der Waals surface area contributed by atoms with Crippen molar-refractivity contribution in [2.45, 2.75) is 44.9 Å². The normalized spacial score (nSPS) is 15.4. The predicted molar refractivity (Wildman–Crippen MR) is 118 cm³/mol. The fourth-order valence-corrected chi connectivity index (χ4v) is 4.73. The van der Waals surface area contributed by atoms with E-state index in [0.717, 1.165) is 33.3 Å². The molecule has 0 bridgehead atoms. The predicted octanol–water partition coefficient (Wildman–Crippen LogP) is 7.23. The van der Waals surface area contributed by atoms with Gasteiger partial charge in [-0.15, -0.1) is 11.3 Å². The first-order valence-corrected chi connectivity index (χ1v) is 10.9. The Morgan fingerprint density at radius 3 is 2.54 bits per heavy atom. The molecular formula is C25H24N2S. The number of hydrogen-bond donors (Lipinski definition) is 0. The van der Waals surface area contributed by atoms with Crippen LogP contribution in [0.2, 0.25) is 0 Å². The summed E-state index contributed by atoms with van der Waals surface area (Å²) in [6.07, 6.45) is 8.65. The van der Waals surface area contributed by atoms with Crippen molar-refractivity contribution in [2.75, 3.05) is 0 Å². The van der Waals surface area contributed by atoms with E-state index in [2.05, 4.69) is 43.3 Å². The largest absolute Gasteiger partial charge is 0.235 e. The number of thiazole rings is 1. The smallest absolute Gasteiger partial charge is 0.134 e. The highest BCUT2D eigenvalue weighted by Gasteiger charge is 2.16. The van der Waals surface area contributed by atoms with Crippen LogP contribution in [0.3, 0.4) is 0 Å². The van der Waals surface area contributed by atoms with Crippen LogP contribution in [-0.4, -0.2) is 4.98 Å². The lowest BCUT2D eigenvalue weighted by atomic mass is 9.84. The van der Waals surface area contributed by atoms with Gasteiger partial charge in [0, 0.05) is 10.9 Å². The van der Waals surface area contributed by atoms with Crippen LogP contribution in [-0.2, 0) is 0 Å². The Morgan fingerprint density at radius 2 is 1.82 bits per heavy atom. The average molecular weight is 385 g/mol. The molecule has 3 aromatic rings. The Bertz CT molecular complexity index is 1020. The molecule has 0 aliphatic heterocycles. The van der Waals surface area contributed by atoms with Crippen molar-refractivity contribution in [3.63, 3.8) is 0 Å². The maximum absolute atomic E-state index is 9.64. The molecule has 1 aliphatic rings. The van der Waals surface area contributed by atoms with Crippen LogP contribution in [0.1, 0.15) is 59.7 Å². The third-order valence-corrected chi connectivity index (χ3v) is 6.50. The number of aromatic nitrogens is 1. The van der Waals surface area contributed by atoms with Gasteiger partial charge in [0.25, 0.3) is 0 Å². The number of rotatable bonds is 4. The van der Waals surface area contributed by atoms with Crippen LogP contribution >= 0.6 is 11.3 Å². The summed E-state index contributed by atoms with van der Waals surface area (Å²) in [7, 11) is 0. The van der Waals surface area contributed by atoms with Crippen molar-refractivity contribution in [1.82, 2.24) is 4.98 Å². The van der Waals surface area contributed by atoms with Crippen molar-refractivity contribution >= 4 is 23.0 Å². The van der Waals surface area contributed by atoms with Crippen molar-refractivity contribution in [3.8, 4) is 17.3 Å². The molecule has 1 saturated carbocycles. The molecule has 2 aromatic carbocycles. The highest BCUT2D eigenvalue weighted by Crippen LogP contribution is 2.34. The molecule has 0 unspecified atom stereocenters. The highest BCUT2D eigenvalue weighted by molar-refractivity contribution is 7.11. The fraction of sp³-hybridized carbons (Fsp3) is 0.280. The van der Waals surface area contributed by atoms with Crippen LogP contribution in [0.15, 0.2) is 53.9 Å². The number of nitrogens with zero attached hydrogens (tertiary/aromatic N) is 2. The minimum absolute atomic E-state index is 0.615. The van der Waals surface area contributed by atoms with Gasteiger partial charge in [-0.05, 0) is 48.4 Å². The lowest BCUT2D eigenvalue weighted by Gasteiger charge is -2.22. The van der Waals surface area contributed by atoms with Gasteiger partial charge in [0.2, 0.25) is 0 Å². The topological polar surface area (TPSA) is 36.7 Å². The fourth-order valence-electron chi connectivity index (χ4n) is 3.94. The second-order valence-electron chi connectivity index (χ2n) is 7.52. The van der Waals surface area contributed by atoms with E-state index in [1.165, 1.54) is 49.0 Å². The summed E-state index contributed by atoms with van der Waals surface area (Å²) < 4.78 is 0. The Labute approximate surface area is 171 Å². The molecule has 1 heterocycles. The van der Waals surface area contributed by atoms with Gasteiger partial charge in [0.15, 0.2) is 0 Å². The molecule has 140 valence electrons. The van der Waals surface area contributed by atoms with Gasteiger partial charge in [-0.1, -0.05) is 67.8 Å². The number of benzene rings is 2. The molecule has 0 N–H and O–H groups in total. The van der Waals surface area contributed by atoms with Crippen molar-refractivity contribution in [3.05, 3.63) is 75.6 Å². The van der Waals surface area contributed by atoms with E-state index in [0.29, 0.717) is 5.57 Å². The summed E-state index contributed by atoms with van der Waals surface area (Å²) in [5, 5.41) is 12.5. The van der Waals surface area contributed by atoms with Crippen LogP contribution in [0.4, 0.5) is 0 Å². The lowest BCUT2D eigenvalue weighted by molar-refractivity contribution is 0.443. The van der Waals surface area contributed by atoms with Crippen molar-refractivity contribution in [1.29, 1.82) is 5.26 Å². The summed E-state index contributed by atoms with van der Waals surface area (Å²) in [6, 6.07) is 19.3. The lowest BCUT2D eigenvalue weighted by Crippen LogP contribution is -2.04. The van der Waals surface area contributed by atoms with E-state index < -0.39 is 0 Å². The zero-order chi connectivity index (χ0) is 19.3. The molecule has 3 heteroatoms. The number of hydrogen-bond acceptors (Lipinski definition) is 3. The quantitative estimate of drug-likeness (QED) is 0.445. The molecule has 0 spiro atoms. The summed E-state index contributed by atoms with van der Waals surface area (Å²) in [4.78, 5) is 4.75.